The van der Waals surface area contributed by atoms with Crippen molar-refractivity contribution in [3.8, 4) is 0 Å². The Balaban J connectivity index is 3.40. The quantitative estimate of drug-likeness (QED) is 0.630. The van der Waals surface area contributed by atoms with E-state index < -0.39 is 0 Å². The second kappa shape index (κ2) is 4.63. The van der Waals surface area contributed by atoms with E-state index in [1.165, 1.54) is 0 Å². The first-order valence-electron chi connectivity index (χ1n) is 3.55. The molecule has 2 nitrogen and oxygen atoms in total. The molecule has 10 heavy (non-hydrogen) atoms. The van der Waals surface area contributed by atoms with Crippen molar-refractivity contribution in [2.45, 2.75) is 32.7 Å². The molecular weight excluding hydrogens is 144 g/mol. The van der Waals surface area contributed by atoms with Crippen molar-refractivity contribution in [3.63, 3.8) is 0 Å². The number of thiocarbonyl (C=S) groups is 1. The minimum absolute atomic E-state index is 0.181. The van der Waals surface area contributed by atoms with Crippen LogP contribution in [0.5, 0.6) is 0 Å². The molecule has 1 radical (unpaired) electrons. The lowest BCUT2D eigenvalue weighted by atomic mass is 10.0. The highest BCUT2D eigenvalue weighted by molar-refractivity contribution is 7.80. The van der Waals surface area contributed by atoms with Gasteiger partial charge in [-0.15, -0.1) is 0 Å². The van der Waals surface area contributed by atoms with Crippen LogP contribution in [0.3, 0.4) is 0 Å². The average molecular weight is 159 g/mol. The molecule has 0 saturated carbocycles. The molecule has 0 aromatic carbocycles. The highest BCUT2D eigenvalue weighted by atomic mass is 32.1. The standard InChI is InChI=1S/C7H15N2S/c1-5(2)3-4-6(8)7(9)10/h5-6,9H,3-4,8H2,1-2H3. The van der Waals surface area contributed by atoms with Crippen LogP contribution in [0.1, 0.15) is 26.7 Å². The van der Waals surface area contributed by atoms with Crippen molar-refractivity contribution < 1.29 is 0 Å². The number of rotatable bonds is 4. The van der Waals surface area contributed by atoms with Crippen LogP contribution < -0.4 is 11.5 Å². The predicted octanol–water partition coefficient (Wildman–Crippen LogP) is 1.36. The molecule has 59 valence electrons. The zero-order valence-electron chi connectivity index (χ0n) is 6.55. The van der Waals surface area contributed by atoms with Gasteiger partial charge < -0.3 is 5.73 Å². The topological polar surface area (TPSA) is 49.8 Å². The molecule has 0 aliphatic carbocycles. The maximum atomic E-state index is 7.03. The fraction of sp³-hybridized carbons (Fsp3) is 0.857. The molecule has 0 aromatic heterocycles. The first kappa shape index (κ1) is 9.85. The third-order valence-electron chi connectivity index (χ3n) is 1.39. The van der Waals surface area contributed by atoms with Crippen molar-refractivity contribution in [1.29, 1.82) is 0 Å². The number of nitrogens with one attached hydrogen (secondary N) is 1. The fourth-order valence-corrected chi connectivity index (χ4v) is 0.762. The summed E-state index contributed by atoms with van der Waals surface area (Å²) >= 11 is 4.61. The van der Waals surface area contributed by atoms with Gasteiger partial charge in [0.15, 0.2) is 0 Å². The maximum absolute atomic E-state index is 7.03. The summed E-state index contributed by atoms with van der Waals surface area (Å²) in [4.78, 5) is 0.181. The van der Waals surface area contributed by atoms with E-state index in [0.29, 0.717) is 5.92 Å². The Morgan fingerprint density at radius 2 is 2.00 bits per heavy atom. The fourth-order valence-electron chi connectivity index (χ4n) is 0.644. The molecule has 0 heterocycles. The lowest BCUT2D eigenvalue weighted by Crippen LogP contribution is -2.29. The van der Waals surface area contributed by atoms with E-state index in [1.807, 2.05) is 0 Å². The molecule has 1 atom stereocenters. The number of nitrogens with two attached hydrogens (primary N) is 1. The van der Waals surface area contributed by atoms with Crippen LogP contribution >= 0.6 is 12.2 Å². The maximum Gasteiger partial charge on any atom is 0.111 e. The van der Waals surface area contributed by atoms with Crippen molar-refractivity contribution in [3.05, 3.63) is 0 Å². The summed E-state index contributed by atoms with van der Waals surface area (Å²) in [6.45, 7) is 4.28. The zero-order valence-corrected chi connectivity index (χ0v) is 7.37. The highest BCUT2D eigenvalue weighted by Crippen LogP contribution is 2.05. The SMILES string of the molecule is CC(C)CCC(N)C([NH])=S. The van der Waals surface area contributed by atoms with Crippen molar-refractivity contribution in [1.82, 2.24) is 5.73 Å². The Hall–Kier alpha value is -0.150. The lowest BCUT2D eigenvalue weighted by molar-refractivity contribution is 0.541. The first-order chi connectivity index (χ1) is 4.54. The minimum Gasteiger partial charge on any atom is -0.322 e. The van der Waals surface area contributed by atoms with Gasteiger partial charge in [0.25, 0.3) is 0 Å². The van der Waals surface area contributed by atoms with Gasteiger partial charge in [0, 0.05) is 0 Å². The highest BCUT2D eigenvalue weighted by Gasteiger charge is 2.06. The molecule has 0 bridgehead atoms. The molecule has 3 N–H and O–H groups in total. The van der Waals surface area contributed by atoms with Gasteiger partial charge in [-0.25, -0.2) is 0 Å². The van der Waals surface area contributed by atoms with Crippen LogP contribution in [0.4, 0.5) is 0 Å². The van der Waals surface area contributed by atoms with Crippen LogP contribution in [-0.2, 0) is 0 Å². The van der Waals surface area contributed by atoms with Crippen LogP contribution in [-0.4, -0.2) is 11.0 Å². The third kappa shape index (κ3) is 4.70. The Labute approximate surface area is 68.0 Å². The van der Waals surface area contributed by atoms with Crippen molar-refractivity contribution >= 4 is 17.2 Å². The Kier molecular flexibility index (Phi) is 4.56. The van der Waals surface area contributed by atoms with Gasteiger partial charge >= 0.3 is 0 Å². The van der Waals surface area contributed by atoms with Gasteiger partial charge in [-0.05, 0) is 18.8 Å². The van der Waals surface area contributed by atoms with E-state index in [1.54, 1.807) is 0 Å². The van der Waals surface area contributed by atoms with E-state index in [9.17, 15) is 0 Å². The third-order valence-corrected chi connectivity index (χ3v) is 1.69. The zero-order chi connectivity index (χ0) is 8.15. The summed E-state index contributed by atoms with van der Waals surface area (Å²) in [5.41, 5.74) is 12.6. The Bertz CT molecular complexity index is 112. The molecule has 0 fully saturated rings. The van der Waals surface area contributed by atoms with E-state index >= 15 is 0 Å². The minimum atomic E-state index is -0.197. The number of hydrogen-bond donors (Lipinski definition) is 1. The average Bonchev–Trinajstić information content (AvgIpc) is 1.82. The van der Waals surface area contributed by atoms with Crippen LogP contribution in [0, 0.1) is 5.92 Å². The molecule has 1 unspecified atom stereocenters. The largest absolute Gasteiger partial charge is 0.322 e. The van der Waals surface area contributed by atoms with Crippen molar-refractivity contribution in [2.75, 3.05) is 0 Å². The van der Waals surface area contributed by atoms with E-state index in [0.717, 1.165) is 12.8 Å². The van der Waals surface area contributed by atoms with Crippen molar-refractivity contribution in [2.24, 2.45) is 11.7 Å². The van der Waals surface area contributed by atoms with Gasteiger partial charge in [-0.2, -0.15) is 0 Å². The summed E-state index contributed by atoms with van der Waals surface area (Å²) in [6, 6.07) is -0.197. The molecule has 0 amide bonds. The molecule has 3 heteroatoms. The Morgan fingerprint density at radius 3 is 2.30 bits per heavy atom. The molecule has 0 aliphatic rings. The molecule has 0 aliphatic heterocycles. The number of hydrogen-bond acceptors (Lipinski definition) is 2. The lowest BCUT2D eigenvalue weighted by Gasteiger charge is -2.09. The molecule has 0 spiro atoms. The summed E-state index contributed by atoms with van der Waals surface area (Å²) in [7, 11) is 0. The van der Waals surface area contributed by atoms with Crippen LogP contribution in [0.15, 0.2) is 0 Å². The van der Waals surface area contributed by atoms with Crippen LogP contribution in [0.2, 0.25) is 0 Å². The van der Waals surface area contributed by atoms with Gasteiger partial charge in [-0.3, -0.25) is 5.73 Å². The molecule has 0 aromatic rings. The predicted molar refractivity (Wildman–Crippen MR) is 47.7 cm³/mol. The van der Waals surface area contributed by atoms with Gasteiger partial charge in [0.05, 0.1) is 6.04 Å². The molecular formula is C7H15N2S. The summed E-state index contributed by atoms with van der Waals surface area (Å²) in [5.74, 6) is 0.653. The van der Waals surface area contributed by atoms with Gasteiger partial charge in [0.1, 0.15) is 4.99 Å². The molecule has 0 saturated heterocycles. The smallest absolute Gasteiger partial charge is 0.111 e. The van der Waals surface area contributed by atoms with E-state index in [2.05, 4.69) is 26.1 Å². The van der Waals surface area contributed by atoms with Gasteiger partial charge in [0.2, 0.25) is 0 Å². The summed E-state index contributed by atoms with van der Waals surface area (Å²) in [6.07, 6.45) is 1.90. The Morgan fingerprint density at radius 1 is 1.50 bits per heavy atom. The second-order valence-electron chi connectivity index (χ2n) is 2.94. The summed E-state index contributed by atoms with van der Waals surface area (Å²) < 4.78 is 0. The van der Waals surface area contributed by atoms with Gasteiger partial charge in [-0.1, -0.05) is 26.1 Å². The van der Waals surface area contributed by atoms with Crippen LogP contribution in [0.25, 0.3) is 0 Å². The molecule has 0 rings (SSSR count). The first-order valence-corrected chi connectivity index (χ1v) is 3.96. The van der Waals surface area contributed by atoms with E-state index in [-0.39, 0.29) is 11.0 Å². The monoisotopic (exact) mass is 159 g/mol. The summed E-state index contributed by atoms with van der Waals surface area (Å²) in [5, 5.41) is 0. The normalized spacial score (nSPS) is 13.6. The second-order valence-corrected chi connectivity index (χ2v) is 3.38. The van der Waals surface area contributed by atoms with E-state index in [4.69, 9.17) is 11.5 Å².